The van der Waals surface area contributed by atoms with Gasteiger partial charge in [0.1, 0.15) is 11.2 Å². The van der Waals surface area contributed by atoms with Crippen molar-refractivity contribution in [3.05, 3.63) is 217 Å². The van der Waals surface area contributed by atoms with Crippen LogP contribution >= 0.6 is 0 Å². The van der Waals surface area contributed by atoms with Crippen LogP contribution in [0.15, 0.2) is 211 Å². The van der Waals surface area contributed by atoms with Crippen molar-refractivity contribution in [1.29, 1.82) is 0 Å². The van der Waals surface area contributed by atoms with Crippen molar-refractivity contribution in [3.63, 3.8) is 0 Å². The molecule has 60 heavy (non-hydrogen) atoms. The number of fused-ring (bicyclic) bond motifs is 9. The molecule has 284 valence electrons. The Kier molecular flexibility index (Phi) is 7.58. The summed E-state index contributed by atoms with van der Waals surface area (Å²) in [6.45, 7) is 4.72. The van der Waals surface area contributed by atoms with E-state index in [0.717, 1.165) is 50.2 Å². The Bertz CT molecular complexity index is 3390. The molecule has 0 unspecified atom stereocenters. The highest BCUT2D eigenvalue weighted by Crippen LogP contribution is 2.52. The van der Waals surface area contributed by atoms with E-state index < -0.39 is 0 Å². The van der Waals surface area contributed by atoms with E-state index in [4.69, 9.17) is 4.42 Å². The predicted molar refractivity (Wildman–Crippen MR) is 251 cm³/mol. The first-order valence-electron chi connectivity index (χ1n) is 20.8. The summed E-state index contributed by atoms with van der Waals surface area (Å²) in [4.78, 5) is 2.30. The van der Waals surface area contributed by atoms with Gasteiger partial charge in [0.15, 0.2) is 0 Å². The Hall–Kier alpha value is -7.62. The first kappa shape index (κ1) is 34.4. The highest BCUT2D eigenvalue weighted by Gasteiger charge is 2.36. The Labute approximate surface area is 349 Å². The highest BCUT2D eigenvalue weighted by molar-refractivity contribution is 6.27. The molecule has 1 aliphatic carbocycles. The van der Waals surface area contributed by atoms with Gasteiger partial charge in [-0.3, -0.25) is 0 Å². The summed E-state index contributed by atoms with van der Waals surface area (Å²) in [6, 6.07) is 74.6. The van der Waals surface area contributed by atoms with Crippen molar-refractivity contribution in [2.24, 2.45) is 0 Å². The molecule has 12 rings (SSSR count). The summed E-state index contributed by atoms with van der Waals surface area (Å²) < 4.78 is 9.15. The topological polar surface area (TPSA) is 21.3 Å². The predicted octanol–water partition coefficient (Wildman–Crippen LogP) is 15.8. The maximum atomic E-state index is 6.74. The van der Waals surface area contributed by atoms with Gasteiger partial charge in [-0.25, -0.2) is 0 Å². The van der Waals surface area contributed by atoms with E-state index in [1.807, 2.05) is 0 Å². The summed E-state index contributed by atoms with van der Waals surface area (Å²) >= 11 is 0. The number of hydrogen-bond acceptors (Lipinski definition) is 2. The van der Waals surface area contributed by atoms with Crippen LogP contribution in [-0.4, -0.2) is 4.57 Å². The van der Waals surface area contributed by atoms with Crippen molar-refractivity contribution in [3.8, 4) is 39.1 Å². The van der Waals surface area contributed by atoms with E-state index in [0.29, 0.717) is 0 Å². The molecule has 2 aromatic heterocycles. The quantitative estimate of drug-likeness (QED) is 0.168. The zero-order chi connectivity index (χ0) is 40.0. The summed E-state index contributed by atoms with van der Waals surface area (Å²) in [5, 5.41) is 4.75. The zero-order valence-corrected chi connectivity index (χ0v) is 33.4. The molecule has 0 N–H and O–H groups in total. The number of anilines is 3. The van der Waals surface area contributed by atoms with Gasteiger partial charge in [0.2, 0.25) is 0 Å². The molecule has 0 fully saturated rings. The van der Waals surface area contributed by atoms with Crippen LogP contribution in [0.1, 0.15) is 25.0 Å². The van der Waals surface area contributed by atoms with Gasteiger partial charge in [-0.15, -0.1) is 0 Å². The van der Waals surface area contributed by atoms with Crippen molar-refractivity contribution in [1.82, 2.24) is 4.57 Å². The van der Waals surface area contributed by atoms with E-state index >= 15 is 0 Å². The summed E-state index contributed by atoms with van der Waals surface area (Å²) in [6.07, 6.45) is 0. The molecular formula is C57H40N2O. The monoisotopic (exact) mass is 768 g/mol. The van der Waals surface area contributed by atoms with Gasteiger partial charge in [-0.1, -0.05) is 147 Å². The molecule has 3 heteroatoms. The lowest BCUT2D eigenvalue weighted by atomic mass is 9.81. The lowest BCUT2D eigenvalue weighted by molar-refractivity contribution is 0.660. The lowest BCUT2D eigenvalue weighted by Crippen LogP contribution is -2.14. The molecule has 0 radical (unpaired) electrons. The summed E-state index contributed by atoms with van der Waals surface area (Å²) in [5.41, 5.74) is 18.6. The minimum atomic E-state index is -0.118. The van der Waals surface area contributed by atoms with Crippen LogP contribution in [0.2, 0.25) is 0 Å². The number of furan rings is 1. The van der Waals surface area contributed by atoms with Crippen molar-refractivity contribution >= 4 is 60.8 Å². The van der Waals surface area contributed by atoms with E-state index in [1.165, 1.54) is 60.8 Å². The third-order valence-corrected chi connectivity index (χ3v) is 12.8. The van der Waals surface area contributed by atoms with Crippen molar-refractivity contribution in [2.45, 2.75) is 19.3 Å². The molecule has 0 atom stereocenters. The third-order valence-electron chi connectivity index (χ3n) is 12.8. The molecule has 0 amide bonds. The fourth-order valence-electron chi connectivity index (χ4n) is 9.97. The van der Waals surface area contributed by atoms with Crippen LogP contribution < -0.4 is 4.90 Å². The fourth-order valence-corrected chi connectivity index (χ4v) is 9.97. The second-order valence-electron chi connectivity index (χ2n) is 16.5. The largest absolute Gasteiger partial charge is 0.456 e. The molecule has 2 heterocycles. The Morgan fingerprint density at radius 3 is 1.72 bits per heavy atom. The number of rotatable bonds is 6. The molecule has 11 aromatic rings. The molecule has 0 bridgehead atoms. The van der Waals surface area contributed by atoms with Crippen LogP contribution in [0, 0.1) is 0 Å². The van der Waals surface area contributed by atoms with Gasteiger partial charge >= 0.3 is 0 Å². The van der Waals surface area contributed by atoms with E-state index in [1.54, 1.807) is 0 Å². The molecule has 3 nitrogen and oxygen atoms in total. The second kappa shape index (κ2) is 13.2. The zero-order valence-electron chi connectivity index (χ0n) is 33.4. The van der Waals surface area contributed by atoms with Gasteiger partial charge in [0.25, 0.3) is 0 Å². The summed E-state index contributed by atoms with van der Waals surface area (Å²) in [5.74, 6) is 0. The number of aromatic nitrogens is 1. The van der Waals surface area contributed by atoms with E-state index in [-0.39, 0.29) is 5.41 Å². The number of benzene rings is 9. The Balaban J connectivity index is 1.01. The van der Waals surface area contributed by atoms with E-state index in [9.17, 15) is 0 Å². The van der Waals surface area contributed by atoms with Crippen LogP contribution in [-0.2, 0) is 5.41 Å². The number of nitrogens with zero attached hydrogens (tertiary/aromatic N) is 2. The summed E-state index contributed by atoms with van der Waals surface area (Å²) in [7, 11) is 0. The first-order valence-corrected chi connectivity index (χ1v) is 20.8. The lowest BCUT2D eigenvalue weighted by Gasteiger charge is -2.25. The first-order chi connectivity index (χ1) is 29.5. The average molecular weight is 769 g/mol. The maximum Gasteiger partial charge on any atom is 0.138 e. The van der Waals surface area contributed by atoms with Gasteiger partial charge in [0.05, 0.1) is 11.0 Å². The standard InChI is InChI=1S/C57H40N2O/c1-57(2)48-22-12-9-19-44(48)45-34-29-39(35-49(45)57)54-55-46-20-10-13-23-50(46)59(51(55)36-53-56(54)47-21-11-14-24-52(47)60-53)43-32-27-38(28-33-43)37-25-30-42(31-26-37)58(40-15-5-3-6-16-40)41-17-7-4-8-18-41/h3-36H,1-2H3. The second-order valence-corrected chi connectivity index (χ2v) is 16.5. The van der Waals surface area contributed by atoms with Crippen LogP contribution in [0.4, 0.5) is 17.1 Å². The van der Waals surface area contributed by atoms with Gasteiger partial charge in [0, 0.05) is 61.3 Å². The highest BCUT2D eigenvalue weighted by atomic mass is 16.3. The van der Waals surface area contributed by atoms with Crippen LogP contribution in [0.3, 0.4) is 0 Å². The van der Waals surface area contributed by atoms with Gasteiger partial charge < -0.3 is 13.9 Å². The Morgan fingerprint density at radius 2 is 0.983 bits per heavy atom. The van der Waals surface area contributed by atoms with E-state index in [2.05, 4.69) is 230 Å². The van der Waals surface area contributed by atoms with Crippen molar-refractivity contribution in [2.75, 3.05) is 4.90 Å². The Morgan fingerprint density at radius 1 is 0.417 bits per heavy atom. The SMILES string of the molecule is CC1(C)c2ccccc2-c2ccc(-c3c4c(cc5c3c3ccccc3n5-c3ccc(-c5ccc(N(c6ccccc6)c6ccccc6)cc5)cc3)oc3ccccc34)cc21. The van der Waals surface area contributed by atoms with Crippen molar-refractivity contribution < 1.29 is 4.42 Å². The van der Waals surface area contributed by atoms with Gasteiger partial charge in [-0.05, 0) is 106 Å². The molecule has 0 saturated heterocycles. The minimum Gasteiger partial charge on any atom is -0.456 e. The molecule has 1 aliphatic rings. The molecule has 0 spiro atoms. The molecule has 0 saturated carbocycles. The van der Waals surface area contributed by atoms with Crippen LogP contribution in [0.25, 0.3) is 82.8 Å². The fraction of sp³-hybridized carbons (Fsp3) is 0.0526. The minimum absolute atomic E-state index is 0.118. The average Bonchev–Trinajstić information content (AvgIpc) is 3.92. The maximum absolute atomic E-state index is 6.74. The molecular weight excluding hydrogens is 729 g/mol. The third kappa shape index (κ3) is 5.15. The normalized spacial score (nSPS) is 13.0. The number of hydrogen-bond donors (Lipinski definition) is 0. The van der Waals surface area contributed by atoms with Gasteiger partial charge in [-0.2, -0.15) is 0 Å². The number of para-hydroxylation sites is 4. The molecule has 0 aliphatic heterocycles. The molecule has 9 aromatic carbocycles. The smallest absolute Gasteiger partial charge is 0.138 e. The van der Waals surface area contributed by atoms with Crippen LogP contribution in [0.5, 0.6) is 0 Å².